The monoisotopic (exact) mass is 627 g/mol. The summed E-state index contributed by atoms with van der Waals surface area (Å²) < 4.78 is 52.1. The van der Waals surface area contributed by atoms with Gasteiger partial charge in [-0.25, -0.2) is 9.36 Å². The topological polar surface area (TPSA) is 158 Å². The zero-order valence-corrected chi connectivity index (χ0v) is 24.7. The molecule has 1 saturated heterocycles. The van der Waals surface area contributed by atoms with Crippen molar-refractivity contribution in [2.24, 2.45) is 0 Å². The average molecular weight is 628 g/mol. The first-order valence-electron chi connectivity index (χ1n) is 13.8. The van der Waals surface area contributed by atoms with Crippen molar-refractivity contribution in [2.75, 3.05) is 0 Å². The fourth-order valence-corrected chi connectivity index (χ4v) is 6.56. The van der Waals surface area contributed by atoms with E-state index in [1.54, 1.807) is 48.5 Å². The van der Waals surface area contributed by atoms with Gasteiger partial charge in [0, 0.05) is 11.8 Å². The van der Waals surface area contributed by atoms with E-state index in [2.05, 4.69) is 5.09 Å². The fraction of sp³-hybridized carbons (Fsp3) is 0.300. The lowest BCUT2D eigenvalue weighted by Gasteiger charge is -2.29. The molecule has 3 aromatic carbocycles. The first kappa shape index (κ1) is 31.3. The van der Waals surface area contributed by atoms with Crippen LogP contribution >= 0.6 is 7.75 Å². The van der Waals surface area contributed by atoms with Crippen molar-refractivity contribution >= 4 is 24.5 Å². The minimum atomic E-state index is -4.42. The minimum Gasteiger partial charge on any atom is -0.460 e. The Hall–Kier alpha value is -4.13. The molecule has 1 aromatic heterocycles. The summed E-state index contributed by atoms with van der Waals surface area (Å²) in [5, 5.41) is 14.8. The van der Waals surface area contributed by atoms with E-state index in [9.17, 15) is 28.4 Å². The summed E-state index contributed by atoms with van der Waals surface area (Å²) >= 11 is 0. The summed E-state index contributed by atoms with van der Waals surface area (Å²) in [6, 6.07) is 20.3. The average Bonchev–Trinajstić information content (AvgIpc) is 3.39. The maximum absolute atomic E-state index is 14.3. The number of nitrogens with zero attached hydrogens (tertiary/aromatic N) is 1. The number of ether oxygens (including phenoxy) is 2. The molecule has 0 amide bonds. The number of halogens is 1. The van der Waals surface area contributed by atoms with Gasteiger partial charge in [0.15, 0.2) is 0 Å². The maximum atomic E-state index is 14.3. The molecule has 232 valence electrons. The fourth-order valence-electron chi connectivity index (χ4n) is 4.85. The van der Waals surface area contributed by atoms with Gasteiger partial charge < -0.3 is 19.1 Å². The Bertz CT molecular complexity index is 1790. The Balaban J connectivity index is 1.37. The Morgan fingerprint density at radius 3 is 2.59 bits per heavy atom. The number of fused-ring (bicyclic) bond motifs is 1. The van der Waals surface area contributed by atoms with Crippen LogP contribution in [-0.4, -0.2) is 45.0 Å². The molecule has 1 fully saturated rings. The van der Waals surface area contributed by atoms with E-state index < -0.39 is 61.4 Å². The molecule has 2 heterocycles. The van der Waals surface area contributed by atoms with Gasteiger partial charge >= 0.3 is 19.4 Å². The SMILES string of the molecule is C[C@H](N[P@@](=O)(Oc1cccc2ccccc12)O[C@H](C)[C@H]1O[C@@H](n2cc(F)c(=O)[nH]c2=O)C[C@@H]1O)C(=O)OCc1ccccc1. The second-order valence-electron chi connectivity index (χ2n) is 10.3. The zero-order valence-electron chi connectivity index (χ0n) is 23.8. The number of carbonyl (C=O) groups excluding carboxylic acids is 1. The summed E-state index contributed by atoms with van der Waals surface area (Å²) in [7, 11) is -4.42. The summed E-state index contributed by atoms with van der Waals surface area (Å²) in [6.07, 6.45) is -4.17. The van der Waals surface area contributed by atoms with Gasteiger partial charge in [-0.1, -0.05) is 66.7 Å². The van der Waals surface area contributed by atoms with Crippen LogP contribution in [0.2, 0.25) is 0 Å². The number of nitrogens with one attached hydrogen (secondary N) is 2. The van der Waals surface area contributed by atoms with Crippen molar-refractivity contribution in [3.63, 3.8) is 0 Å². The van der Waals surface area contributed by atoms with E-state index in [1.807, 2.05) is 29.2 Å². The Labute approximate surface area is 250 Å². The van der Waals surface area contributed by atoms with E-state index in [1.165, 1.54) is 13.8 Å². The van der Waals surface area contributed by atoms with Crippen molar-refractivity contribution in [1.82, 2.24) is 14.6 Å². The number of aliphatic hydroxyl groups excluding tert-OH is 1. The van der Waals surface area contributed by atoms with Crippen LogP contribution in [0.3, 0.4) is 0 Å². The molecule has 0 aliphatic carbocycles. The van der Waals surface area contributed by atoms with Crippen LogP contribution in [0.5, 0.6) is 5.75 Å². The summed E-state index contributed by atoms with van der Waals surface area (Å²) in [6.45, 7) is 2.89. The standard InChI is InChI=1S/C30H31FN3O9P/c1-18(29(37)40-17-20-9-4-3-5-10-20)33-44(39,43-25-14-8-12-21-11-6-7-13-22(21)25)42-19(2)27-24(35)15-26(41-27)34-16-23(31)28(36)32-30(34)38/h3-14,16,18-19,24,26-27,35H,15,17H2,1-2H3,(H,33,39)(H,32,36,38)/t18-,19+,24-,26+,27+,44-/m0/s1. The first-order valence-corrected chi connectivity index (χ1v) is 15.4. The second kappa shape index (κ2) is 13.2. The highest BCUT2D eigenvalue weighted by Gasteiger charge is 2.43. The largest absolute Gasteiger partial charge is 0.460 e. The second-order valence-corrected chi connectivity index (χ2v) is 12.0. The lowest BCUT2D eigenvalue weighted by Crippen LogP contribution is -2.39. The van der Waals surface area contributed by atoms with Crippen molar-refractivity contribution in [3.05, 3.63) is 111 Å². The van der Waals surface area contributed by atoms with E-state index in [0.717, 1.165) is 15.5 Å². The molecule has 14 heteroatoms. The van der Waals surface area contributed by atoms with Gasteiger partial charge in [0.05, 0.1) is 18.4 Å². The Morgan fingerprint density at radius 1 is 1.11 bits per heavy atom. The first-order chi connectivity index (χ1) is 21.0. The van der Waals surface area contributed by atoms with Crippen molar-refractivity contribution in [3.8, 4) is 5.75 Å². The predicted octanol–water partition coefficient (Wildman–Crippen LogP) is 3.79. The Morgan fingerprint density at radius 2 is 1.82 bits per heavy atom. The molecule has 44 heavy (non-hydrogen) atoms. The third-order valence-corrected chi connectivity index (χ3v) is 8.79. The number of esters is 1. The zero-order chi connectivity index (χ0) is 31.4. The number of aliphatic hydroxyl groups is 1. The van der Waals surface area contributed by atoms with Crippen LogP contribution in [0.15, 0.2) is 88.6 Å². The third-order valence-electron chi connectivity index (χ3n) is 7.04. The Kier molecular flexibility index (Phi) is 9.42. The highest BCUT2D eigenvalue weighted by molar-refractivity contribution is 7.52. The molecule has 3 N–H and O–H groups in total. The van der Waals surface area contributed by atoms with Crippen LogP contribution in [0.4, 0.5) is 4.39 Å². The number of H-pyrrole nitrogens is 1. The van der Waals surface area contributed by atoms with Gasteiger partial charge in [-0.2, -0.15) is 9.48 Å². The summed E-state index contributed by atoms with van der Waals surface area (Å²) in [5.74, 6) is -1.72. The lowest BCUT2D eigenvalue weighted by molar-refractivity contribution is -0.146. The van der Waals surface area contributed by atoms with Crippen LogP contribution in [-0.2, 0) is 30.0 Å². The molecule has 0 spiro atoms. The highest BCUT2D eigenvalue weighted by atomic mass is 31.2. The number of hydrogen-bond donors (Lipinski definition) is 3. The molecule has 12 nitrogen and oxygen atoms in total. The van der Waals surface area contributed by atoms with Gasteiger partial charge in [-0.05, 0) is 30.9 Å². The van der Waals surface area contributed by atoms with Crippen molar-refractivity contribution < 1.29 is 37.4 Å². The molecular weight excluding hydrogens is 596 g/mol. The van der Waals surface area contributed by atoms with E-state index in [-0.39, 0.29) is 18.8 Å². The van der Waals surface area contributed by atoms with Crippen LogP contribution in [0.25, 0.3) is 10.8 Å². The van der Waals surface area contributed by atoms with E-state index >= 15 is 0 Å². The van der Waals surface area contributed by atoms with Gasteiger partial charge in [0.2, 0.25) is 5.82 Å². The molecule has 1 aliphatic heterocycles. The van der Waals surface area contributed by atoms with Crippen LogP contribution < -0.4 is 20.9 Å². The molecule has 0 bridgehead atoms. The molecule has 0 radical (unpaired) electrons. The number of hydrogen-bond acceptors (Lipinski definition) is 9. The predicted molar refractivity (Wildman–Crippen MR) is 157 cm³/mol. The summed E-state index contributed by atoms with van der Waals surface area (Å²) in [5.41, 5.74) is -1.36. The number of aromatic amines is 1. The molecule has 0 unspecified atom stereocenters. The quantitative estimate of drug-likeness (QED) is 0.165. The van der Waals surface area contributed by atoms with Crippen LogP contribution in [0, 0.1) is 5.82 Å². The normalized spacial score (nSPS) is 21.0. The molecule has 0 saturated carbocycles. The molecule has 6 atom stereocenters. The van der Waals surface area contributed by atoms with Crippen molar-refractivity contribution in [2.45, 2.75) is 57.5 Å². The number of aromatic nitrogens is 2. The van der Waals surface area contributed by atoms with Crippen LogP contribution in [0.1, 0.15) is 32.1 Å². The molecule has 1 aliphatic rings. The molecular formula is C30H31FN3O9P. The third kappa shape index (κ3) is 7.15. The smallest absolute Gasteiger partial charge is 0.459 e. The number of rotatable bonds is 11. The maximum Gasteiger partial charge on any atom is 0.459 e. The minimum absolute atomic E-state index is 0.00829. The highest BCUT2D eigenvalue weighted by Crippen LogP contribution is 2.49. The number of carbonyl (C=O) groups is 1. The molecule has 5 rings (SSSR count). The lowest BCUT2D eigenvalue weighted by atomic mass is 10.1. The van der Waals surface area contributed by atoms with Gasteiger partial charge in [0.1, 0.15) is 30.7 Å². The van der Waals surface area contributed by atoms with E-state index in [0.29, 0.717) is 11.6 Å². The van der Waals surface area contributed by atoms with E-state index in [4.69, 9.17) is 18.5 Å². The van der Waals surface area contributed by atoms with Crippen molar-refractivity contribution in [1.29, 1.82) is 0 Å². The summed E-state index contributed by atoms with van der Waals surface area (Å²) in [4.78, 5) is 38.4. The van der Waals surface area contributed by atoms with Gasteiger partial charge in [-0.15, -0.1) is 0 Å². The number of benzene rings is 3. The molecule has 4 aromatic rings. The van der Waals surface area contributed by atoms with Gasteiger partial charge in [-0.3, -0.25) is 23.7 Å². The van der Waals surface area contributed by atoms with Gasteiger partial charge in [0.25, 0.3) is 5.56 Å².